The molecule has 0 aliphatic carbocycles. The highest BCUT2D eigenvalue weighted by atomic mass is 19.1. The first-order chi connectivity index (χ1) is 13.6. The molecule has 1 aliphatic heterocycles. The Kier molecular flexibility index (Phi) is 5.16. The Hall–Kier alpha value is -2.69. The van der Waals surface area contributed by atoms with Crippen LogP contribution >= 0.6 is 0 Å². The van der Waals surface area contributed by atoms with Gasteiger partial charge in [0.15, 0.2) is 0 Å². The molecule has 3 aromatic carbocycles. The Balaban J connectivity index is 1.74. The number of aliphatic hydroxyl groups is 1. The topological polar surface area (TPSA) is 43.7 Å². The van der Waals surface area contributed by atoms with E-state index in [1.807, 2.05) is 60.7 Å². The molecule has 0 aromatic heterocycles. The summed E-state index contributed by atoms with van der Waals surface area (Å²) in [5.41, 5.74) is 1.01. The smallest absolute Gasteiger partial charge is 0.130 e. The minimum Gasteiger partial charge on any atom is -0.508 e. The van der Waals surface area contributed by atoms with Gasteiger partial charge in [0.25, 0.3) is 0 Å². The normalized spacial score (nSPS) is 17.7. The zero-order chi connectivity index (χ0) is 19.6. The number of phenolic OH excluding ortho intramolecular Hbond substituents is 1. The average Bonchev–Trinajstić information content (AvgIpc) is 3.20. The minimum absolute atomic E-state index is 0.0787. The summed E-state index contributed by atoms with van der Waals surface area (Å²) in [6, 6.07) is 23.2. The molecule has 4 rings (SSSR count). The molecule has 0 unspecified atom stereocenters. The van der Waals surface area contributed by atoms with E-state index in [0.717, 1.165) is 30.5 Å². The zero-order valence-corrected chi connectivity index (χ0v) is 15.6. The highest BCUT2D eigenvalue weighted by Gasteiger charge is 2.45. The van der Waals surface area contributed by atoms with Crippen molar-refractivity contribution in [3.8, 4) is 5.75 Å². The van der Waals surface area contributed by atoms with Gasteiger partial charge in [0.1, 0.15) is 17.2 Å². The number of halogens is 1. The molecule has 4 heteroatoms. The molecule has 0 saturated carbocycles. The van der Waals surface area contributed by atoms with E-state index in [0.29, 0.717) is 12.1 Å². The lowest BCUT2D eigenvalue weighted by Crippen LogP contribution is -2.48. The van der Waals surface area contributed by atoms with Gasteiger partial charge in [-0.15, -0.1) is 0 Å². The van der Waals surface area contributed by atoms with E-state index in [2.05, 4.69) is 4.90 Å². The lowest BCUT2D eigenvalue weighted by molar-refractivity contribution is -0.00674. The van der Waals surface area contributed by atoms with Crippen molar-refractivity contribution >= 4 is 0 Å². The first-order valence-electron chi connectivity index (χ1n) is 9.64. The molecule has 3 aromatic rings. The quantitative estimate of drug-likeness (QED) is 0.691. The Morgan fingerprint density at radius 3 is 2.14 bits per heavy atom. The van der Waals surface area contributed by atoms with Gasteiger partial charge in [-0.2, -0.15) is 0 Å². The van der Waals surface area contributed by atoms with Crippen LogP contribution < -0.4 is 0 Å². The first kappa shape index (κ1) is 18.7. The standard InChI is InChI=1S/C24H24FNO2/c25-21-13-14-22(27)18(16-21)17-26-15-7-12-23(26)24(28,19-8-3-1-4-9-19)20-10-5-2-6-11-20/h1-6,8-11,13-14,16,23,27-28H,7,12,15,17H2/t23-/m0/s1. The Morgan fingerprint density at radius 2 is 1.54 bits per heavy atom. The first-order valence-corrected chi connectivity index (χ1v) is 9.64. The van der Waals surface area contributed by atoms with Gasteiger partial charge in [0.05, 0.1) is 0 Å². The van der Waals surface area contributed by atoms with Crippen molar-refractivity contribution < 1.29 is 14.6 Å². The lowest BCUT2D eigenvalue weighted by Gasteiger charge is -2.40. The molecule has 0 amide bonds. The molecule has 1 atom stereocenters. The highest BCUT2D eigenvalue weighted by Crippen LogP contribution is 2.41. The second kappa shape index (κ2) is 7.74. The second-order valence-electron chi connectivity index (χ2n) is 7.40. The van der Waals surface area contributed by atoms with Gasteiger partial charge < -0.3 is 10.2 Å². The largest absolute Gasteiger partial charge is 0.508 e. The summed E-state index contributed by atoms with van der Waals surface area (Å²) in [7, 11) is 0. The summed E-state index contributed by atoms with van der Waals surface area (Å²) < 4.78 is 13.7. The molecular weight excluding hydrogens is 353 g/mol. The average molecular weight is 377 g/mol. The third-order valence-electron chi connectivity index (χ3n) is 5.69. The van der Waals surface area contributed by atoms with E-state index < -0.39 is 5.60 Å². The van der Waals surface area contributed by atoms with Gasteiger partial charge in [-0.05, 0) is 48.7 Å². The zero-order valence-electron chi connectivity index (χ0n) is 15.6. The van der Waals surface area contributed by atoms with E-state index in [1.54, 1.807) is 0 Å². The van der Waals surface area contributed by atoms with Gasteiger partial charge in [-0.25, -0.2) is 4.39 Å². The van der Waals surface area contributed by atoms with Crippen molar-refractivity contribution in [2.75, 3.05) is 6.54 Å². The Morgan fingerprint density at radius 1 is 0.929 bits per heavy atom. The molecule has 1 saturated heterocycles. The van der Waals surface area contributed by atoms with Crippen LogP contribution in [0.15, 0.2) is 78.9 Å². The van der Waals surface area contributed by atoms with Crippen molar-refractivity contribution in [3.63, 3.8) is 0 Å². The van der Waals surface area contributed by atoms with Gasteiger partial charge in [-0.1, -0.05) is 60.7 Å². The highest BCUT2D eigenvalue weighted by molar-refractivity contribution is 5.39. The summed E-state index contributed by atoms with van der Waals surface area (Å²) in [5, 5.41) is 22.2. The minimum atomic E-state index is -1.19. The van der Waals surface area contributed by atoms with Crippen LogP contribution in [0.4, 0.5) is 4.39 Å². The van der Waals surface area contributed by atoms with Gasteiger partial charge in [0.2, 0.25) is 0 Å². The summed E-state index contributed by atoms with van der Waals surface area (Å²) >= 11 is 0. The summed E-state index contributed by atoms with van der Waals surface area (Å²) in [4.78, 5) is 2.15. The van der Waals surface area contributed by atoms with Crippen LogP contribution in [0, 0.1) is 5.82 Å². The van der Waals surface area contributed by atoms with Crippen LogP contribution in [-0.4, -0.2) is 27.7 Å². The van der Waals surface area contributed by atoms with Crippen LogP contribution in [0.5, 0.6) is 5.75 Å². The Bertz CT molecular complexity index is 890. The van der Waals surface area contributed by atoms with Crippen LogP contribution in [0.3, 0.4) is 0 Å². The number of phenols is 1. The van der Waals surface area contributed by atoms with Crippen LogP contribution in [-0.2, 0) is 12.1 Å². The molecule has 0 radical (unpaired) electrons. The fraction of sp³-hybridized carbons (Fsp3) is 0.250. The number of hydrogen-bond donors (Lipinski definition) is 2. The summed E-state index contributed by atoms with van der Waals surface area (Å²) in [5.74, 6) is -0.292. The lowest BCUT2D eigenvalue weighted by atomic mass is 9.79. The van der Waals surface area contributed by atoms with Gasteiger partial charge in [0, 0.05) is 18.2 Å². The SMILES string of the molecule is Oc1ccc(F)cc1CN1CCC[C@H]1C(O)(c1ccccc1)c1ccccc1. The summed E-state index contributed by atoms with van der Waals surface area (Å²) in [6.45, 7) is 1.17. The van der Waals surface area contributed by atoms with Crippen molar-refractivity contribution in [3.05, 3.63) is 101 Å². The number of likely N-dealkylation sites (tertiary alicyclic amines) is 1. The van der Waals surface area contributed by atoms with E-state index in [-0.39, 0.29) is 17.6 Å². The fourth-order valence-corrected chi connectivity index (χ4v) is 4.32. The molecule has 28 heavy (non-hydrogen) atoms. The van der Waals surface area contributed by atoms with Crippen LogP contribution in [0.1, 0.15) is 29.5 Å². The maximum atomic E-state index is 13.7. The molecule has 3 nitrogen and oxygen atoms in total. The molecule has 1 aliphatic rings. The van der Waals surface area contributed by atoms with Crippen LogP contribution in [0.25, 0.3) is 0 Å². The molecule has 1 fully saturated rings. The third kappa shape index (κ3) is 3.41. The molecule has 0 bridgehead atoms. The number of nitrogens with zero attached hydrogens (tertiary/aromatic N) is 1. The number of rotatable bonds is 5. The van der Waals surface area contributed by atoms with Crippen LogP contribution in [0.2, 0.25) is 0 Å². The van der Waals surface area contributed by atoms with Crippen molar-refractivity contribution in [2.45, 2.75) is 31.0 Å². The monoisotopic (exact) mass is 377 g/mol. The molecule has 0 spiro atoms. The molecule has 1 heterocycles. The fourth-order valence-electron chi connectivity index (χ4n) is 4.32. The predicted molar refractivity (Wildman–Crippen MR) is 107 cm³/mol. The predicted octanol–water partition coefficient (Wildman–Crippen LogP) is 4.43. The maximum Gasteiger partial charge on any atom is 0.130 e. The molecular formula is C24H24FNO2. The number of benzene rings is 3. The van der Waals surface area contributed by atoms with Crippen molar-refractivity contribution in [1.29, 1.82) is 0 Å². The number of hydrogen-bond acceptors (Lipinski definition) is 3. The number of aromatic hydroxyl groups is 1. The van der Waals surface area contributed by atoms with Crippen molar-refractivity contribution in [1.82, 2.24) is 4.90 Å². The van der Waals surface area contributed by atoms with E-state index in [1.165, 1.54) is 18.2 Å². The van der Waals surface area contributed by atoms with E-state index in [4.69, 9.17) is 0 Å². The van der Waals surface area contributed by atoms with Crippen molar-refractivity contribution in [2.24, 2.45) is 0 Å². The third-order valence-corrected chi connectivity index (χ3v) is 5.69. The van der Waals surface area contributed by atoms with E-state index >= 15 is 0 Å². The van der Waals surface area contributed by atoms with E-state index in [9.17, 15) is 14.6 Å². The van der Waals surface area contributed by atoms with Gasteiger partial charge in [-0.3, -0.25) is 4.90 Å². The molecule has 144 valence electrons. The second-order valence-corrected chi connectivity index (χ2v) is 7.40. The van der Waals surface area contributed by atoms with Gasteiger partial charge >= 0.3 is 0 Å². The summed E-state index contributed by atoms with van der Waals surface area (Å²) in [6.07, 6.45) is 1.75. The Labute approximate surface area is 164 Å². The molecule has 2 N–H and O–H groups in total. The maximum absolute atomic E-state index is 13.7.